The lowest BCUT2D eigenvalue weighted by atomic mass is 10.1. The fourth-order valence-electron chi connectivity index (χ4n) is 2.83. The van der Waals surface area contributed by atoms with Gasteiger partial charge >= 0.3 is 0 Å². The number of rotatable bonds is 3. The molecule has 0 saturated carbocycles. The third kappa shape index (κ3) is 2.89. The topological polar surface area (TPSA) is 58.4 Å². The van der Waals surface area contributed by atoms with Gasteiger partial charge in [0.2, 0.25) is 5.91 Å². The number of imidazole rings is 1. The van der Waals surface area contributed by atoms with Crippen molar-refractivity contribution in [2.24, 2.45) is 0 Å². The van der Waals surface area contributed by atoms with Crippen molar-refractivity contribution in [3.63, 3.8) is 0 Å². The molecule has 2 aromatic rings. The van der Waals surface area contributed by atoms with Gasteiger partial charge in [-0.3, -0.25) is 4.79 Å². The van der Waals surface area contributed by atoms with Crippen LogP contribution >= 0.6 is 11.6 Å². The maximum absolute atomic E-state index is 12.4. The van der Waals surface area contributed by atoms with E-state index in [0.717, 1.165) is 31.4 Å². The van der Waals surface area contributed by atoms with Gasteiger partial charge in [0.25, 0.3) is 0 Å². The van der Waals surface area contributed by atoms with Gasteiger partial charge in [-0.2, -0.15) is 0 Å². The minimum Gasteiger partial charge on any atom is -0.388 e. The van der Waals surface area contributed by atoms with Crippen LogP contribution in [0.25, 0.3) is 11.0 Å². The number of aromatic nitrogens is 2. The van der Waals surface area contributed by atoms with Crippen LogP contribution in [-0.4, -0.2) is 38.6 Å². The minimum atomic E-state index is -0.195. The van der Waals surface area contributed by atoms with Gasteiger partial charge in [0, 0.05) is 18.1 Å². The lowest BCUT2D eigenvalue weighted by Gasteiger charge is -2.27. The third-order valence-electron chi connectivity index (χ3n) is 3.93. The zero-order valence-electron chi connectivity index (χ0n) is 11.8. The molecule has 112 valence electrons. The van der Waals surface area contributed by atoms with Gasteiger partial charge in [-0.15, -0.1) is 0 Å². The number of piperidine rings is 1. The zero-order chi connectivity index (χ0) is 14.8. The lowest BCUT2D eigenvalue weighted by molar-refractivity contribution is -0.132. The summed E-state index contributed by atoms with van der Waals surface area (Å²) in [6.45, 7) is 1.67. The van der Waals surface area contributed by atoms with E-state index < -0.39 is 0 Å². The van der Waals surface area contributed by atoms with Gasteiger partial charge in [0.1, 0.15) is 19.0 Å². The largest absolute Gasteiger partial charge is 0.388 e. The van der Waals surface area contributed by atoms with Crippen molar-refractivity contribution in [2.75, 3.05) is 13.1 Å². The molecular formula is C15H18ClN3O2. The van der Waals surface area contributed by atoms with Crippen molar-refractivity contribution in [3.05, 3.63) is 29.0 Å². The highest BCUT2D eigenvalue weighted by Gasteiger charge is 2.19. The number of hydrogen-bond donors (Lipinski definition) is 1. The molecular weight excluding hydrogens is 290 g/mol. The quantitative estimate of drug-likeness (QED) is 0.945. The van der Waals surface area contributed by atoms with Crippen molar-refractivity contribution in [1.29, 1.82) is 0 Å². The summed E-state index contributed by atoms with van der Waals surface area (Å²) in [7, 11) is 0. The summed E-state index contributed by atoms with van der Waals surface area (Å²) >= 11 is 5.96. The second-order valence-electron chi connectivity index (χ2n) is 5.35. The summed E-state index contributed by atoms with van der Waals surface area (Å²) < 4.78 is 1.78. The number of hydrogen-bond acceptors (Lipinski definition) is 3. The summed E-state index contributed by atoms with van der Waals surface area (Å²) in [5, 5.41) is 10.1. The van der Waals surface area contributed by atoms with E-state index in [9.17, 15) is 9.90 Å². The maximum atomic E-state index is 12.4. The molecule has 2 heterocycles. The predicted octanol–water partition coefficient (Wildman–Crippen LogP) is 2.19. The average Bonchev–Trinajstić information content (AvgIpc) is 2.85. The zero-order valence-corrected chi connectivity index (χ0v) is 12.5. The molecule has 0 aliphatic carbocycles. The molecule has 3 rings (SSSR count). The molecule has 0 radical (unpaired) electrons. The normalized spacial score (nSPS) is 15.6. The predicted molar refractivity (Wildman–Crippen MR) is 81.1 cm³/mol. The van der Waals surface area contributed by atoms with Gasteiger partial charge in [0.05, 0.1) is 11.0 Å². The Balaban J connectivity index is 1.89. The number of halogens is 1. The van der Waals surface area contributed by atoms with Gasteiger partial charge in [-0.05, 0) is 37.5 Å². The second-order valence-corrected chi connectivity index (χ2v) is 5.78. The first-order valence-electron chi connectivity index (χ1n) is 7.22. The number of aliphatic hydroxyl groups is 1. The Morgan fingerprint density at radius 3 is 2.76 bits per heavy atom. The van der Waals surface area contributed by atoms with Crippen LogP contribution < -0.4 is 0 Å². The van der Waals surface area contributed by atoms with Crippen LogP contribution in [0, 0.1) is 0 Å². The number of carbonyl (C=O) groups is 1. The molecule has 0 unspecified atom stereocenters. The number of amides is 1. The van der Waals surface area contributed by atoms with Gasteiger partial charge < -0.3 is 14.6 Å². The second kappa shape index (κ2) is 6.03. The summed E-state index contributed by atoms with van der Waals surface area (Å²) in [4.78, 5) is 18.7. The molecule has 21 heavy (non-hydrogen) atoms. The molecule has 6 heteroatoms. The average molecular weight is 308 g/mol. The Morgan fingerprint density at radius 2 is 2.05 bits per heavy atom. The molecule has 1 aromatic heterocycles. The third-order valence-corrected chi connectivity index (χ3v) is 4.17. The number of carbonyl (C=O) groups excluding carboxylic acids is 1. The number of likely N-dealkylation sites (tertiary alicyclic amines) is 1. The lowest BCUT2D eigenvalue weighted by Crippen LogP contribution is -2.38. The highest BCUT2D eigenvalue weighted by Crippen LogP contribution is 2.21. The first-order valence-corrected chi connectivity index (χ1v) is 7.60. The van der Waals surface area contributed by atoms with Crippen LogP contribution in [0.5, 0.6) is 0 Å². The summed E-state index contributed by atoms with van der Waals surface area (Å²) in [6, 6.07) is 5.36. The van der Waals surface area contributed by atoms with Crippen LogP contribution in [0.1, 0.15) is 25.1 Å². The molecule has 1 amide bonds. The SMILES string of the molecule is O=C(Cn1c(CO)nc2cc(Cl)ccc21)N1CCCCC1. The van der Waals surface area contributed by atoms with Crippen LogP contribution in [0.2, 0.25) is 5.02 Å². The summed E-state index contributed by atoms with van der Waals surface area (Å²) in [5.41, 5.74) is 1.53. The van der Waals surface area contributed by atoms with E-state index in [1.165, 1.54) is 6.42 Å². The van der Waals surface area contributed by atoms with Crippen molar-refractivity contribution in [2.45, 2.75) is 32.4 Å². The van der Waals surface area contributed by atoms with E-state index in [4.69, 9.17) is 11.6 Å². The molecule has 1 N–H and O–H groups in total. The van der Waals surface area contributed by atoms with E-state index in [0.29, 0.717) is 16.4 Å². The first-order chi connectivity index (χ1) is 10.2. The van der Waals surface area contributed by atoms with E-state index in [2.05, 4.69) is 4.98 Å². The number of fused-ring (bicyclic) bond motifs is 1. The Kier molecular flexibility index (Phi) is 4.12. The van der Waals surface area contributed by atoms with Crippen LogP contribution in [0.15, 0.2) is 18.2 Å². The van der Waals surface area contributed by atoms with Gasteiger partial charge in [-0.25, -0.2) is 4.98 Å². The molecule has 1 aliphatic heterocycles. The molecule has 5 nitrogen and oxygen atoms in total. The fourth-order valence-corrected chi connectivity index (χ4v) is 2.99. The Hall–Kier alpha value is -1.59. The Labute approximate surface area is 128 Å². The molecule has 1 saturated heterocycles. The first kappa shape index (κ1) is 14.4. The van der Waals surface area contributed by atoms with Gasteiger partial charge in [-0.1, -0.05) is 11.6 Å². The van der Waals surface area contributed by atoms with Crippen LogP contribution in [0.4, 0.5) is 0 Å². The molecule has 1 aliphatic rings. The van der Waals surface area contributed by atoms with Crippen molar-refractivity contribution < 1.29 is 9.90 Å². The fraction of sp³-hybridized carbons (Fsp3) is 0.467. The standard InChI is InChI=1S/C15H18ClN3O2/c16-11-4-5-13-12(8-11)17-14(10-20)19(13)9-15(21)18-6-2-1-3-7-18/h4-5,8,20H,1-3,6-7,9-10H2. The number of aliphatic hydroxyl groups excluding tert-OH is 1. The van der Waals surface area contributed by atoms with Gasteiger partial charge in [0.15, 0.2) is 0 Å². The summed E-state index contributed by atoms with van der Waals surface area (Å²) in [6.07, 6.45) is 3.33. The molecule has 1 aromatic carbocycles. The van der Waals surface area contributed by atoms with E-state index in [1.807, 2.05) is 11.0 Å². The number of benzene rings is 1. The van der Waals surface area contributed by atoms with E-state index in [-0.39, 0.29) is 19.1 Å². The Morgan fingerprint density at radius 1 is 1.29 bits per heavy atom. The molecule has 0 bridgehead atoms. The van der Waals surface area contributed by atoms with Crippen molar-refractivity contribution in [1.82, 2.24) is 14.5 Å². The highest BCUT2D eigenvalue weighted by atomic mass is 35.5. The van der Waals surface area contributed by atoms with Crippen molar-refractivity contribution >= 4 is 28.5 Å². The Bertz CT molecular complexity index is 662. The summed E-state index contributed by atoms with van der Waals surface area (Å²) in [5.74, 6) is 0.580. The smallest absolute Gasteiger partial charge is 0.242 e. The molecule has 0 spiro atoms. The molecule has 0 atom stereocenters. The maximum Gasteiger partial charge on any atom is 0.242 e. The molecule has 1 fully saturated rings. The van der Waals surface area contributed by atoms with E-state index in [1.54, 1.807) is 16.7 Å². The minimum absolute atomic E-state index is 0.0821. The van der Waals surface area contributed by atoms with Crippen LogP contribution in [-0.2, 0) is 17.9 Å². The van der Waals surface area contributed by atoms with Crippen LogP contribution in [0.3, 0.4) is 0 Å². The number of nitrogens with zero attached hydrogens (tertiary/aromatic N) is 3. The van der Waals surface area contributed by atoms with Crippen molar-refractivity contribution in [3.8, 4) is 0 Å². The van der Waals surface area contributed by atoms with E-state index >= 15 is 0 Å². The highest BCUT2D eigenvalue weighted by molar-refractivity contribution is 6.31. The monoisotopic (exact) mass is 307 g/mol.